The van der Waals surface area contributed by atoms with Crippen LogP contribution in [0.25, 0.3) is 0 Å². The Bertz CT molecular complexity index is 461. The van der Waals surface area contributed by atoms with Gasteiger partial charge >= 0.3 is 5.97 Å². The molecule has 0 heterocycles. The highest BCUT2D eigenvalue weighted by molar-refractivity contribution is 5.75. The van der Waals surface area contributed by atoms with Gasteiger partial charge in [0.2, 0.25) is 0 Å². The van der Waals surface area contributed by atoms with Crippen LogP contribution < -0.4 is 15.2 Å². The number of hydrogen-bond acceptors (Lipinski definition) is 4. The van der Waals surface area contributed by atoms with Gasteiger partial charge in [0.1, 0.15) is 0 Å². The topological polar surface area (TPSA) is 81.8 Å². The van der Waals surface area contributed by atoms with Crippen LogP contribution in [0.15, 0.2) is 18.2 Å². The van der Waals surface area contributed by atoms with E-state index < -0.39 is 11.4 Å². The van der Waals surface area contributed by atoms with E-state index in [1.54, 1.807) is 20.3 Å². The molecule has 5 nitrogen and oxygen atoms in total. The Kier molecular flexibility index (Phi) is 5.82. The lowest BCUT2D eigenvalue weighted by Gasteiger charge is -2.27. The molecule has 0 aromatic heterocycles. The predicted octanol–water partition coefficient (Wildman–Crippen LogP) is 2.08. The van der Waals surface area contributed by atoms with E-state index in [2.05, 4.69) is 0 Å². The minimum Gasteiger partial charge on any atom is -0.493 e. The predicted molar refractivity (Wildman–Crippen MR) is 77.3 cm³/mol. The van der Waals surface area contributed by atoms with Gasteiger partial charge in [0.15, 0.2) is 11.5 Å². The summed E-state index contributed by atoms with van der Waals surface area (Å²) in [6.07, 6.45) is 1.71. The molecule has 5 heteroatoms. The van der Waals surface area contributed by atoms with Gasteiger partial charge in [-0.05, 0) is 30.5 Å². The number of rotatable bonds is 8. The van der Waals surface area contributed by atoms with Gasteiger partial charge in [0.05, 0.1) is 19.6 Å². The first-order valence-corrected chi connectivity index (χ1v) is 6.67. The lowest BCUT2D eigenvalue weighted by atomic mass is 9.78. The Labute approximate surface area is 119 Å². The second-order valence-corrected chi connectivity index (χ2v) is 4.91. The van der Waals surface area contributed by atoms with Gasteiger partial charge in [0.25, 0.3) is 0 Å². The largest absolute Gasteiger partial charge is 0.493 e. The molecule has 0 fully saturated rings. The molecule has 1 unspecified atom stereocenters. The zero-order valence-electron chi connectivity index (χ0n) is 12.3. The normalized spacial score (nSPS) is 13.6. The van der Waals surface area contributed by atoms with Gasteiger partial charge in [-0.1, -0.05) is 19.4 Å². The van der Waals surface area contributed by atoms with Crippen LogP contribution in [0.3, 0.4) is 0 Å². The van der Waals surface area contributed by atoms with Crippen LogP contribution in [0.2, 0.25) is 0 Å². The van der Waals surface area contributed by atoms with Gasteiger partial charge in [-0.3, -0.25) is 4.79 Å². The molecule has 0 aliphatic carbocycles. The lowest BCUT2D eigenvalue weighted by Crippen LogP contribution is -2.40. The van der Waals surface area contributed by atoms with Crippen LogP contribution >= 0.6 is 0 Å². The SMILES string of the molecule is CCCC(CN)(Cc1ccc(OC)c(OC)c1)C(=O)O. The molecule has 1 rings (SSSR count). The van der Waals surface area contributed by atoms with E-state index in [4.69, 9.17) is 15.2 Å². The molecule has 0 aliphatic heterocycles. The van der Waals surface area contributed by atoms with Gasteiger partial charge in [-0.25, -0.2) is 0 Å². The van der Waals surface area contributed by atoms with E-state index in [1.165, 1.54) is 0 Å². The first kappa shape index (κ1) is 16.3. The molecule has 0 aliphatic rings. The van der Waals surface area contributed by atoms with Crippen molar-refractivity contribution in [2.24, 2.45) is 11.1 Å². The molecular formula is C15H23NO4. The maximum absolute atomic E-state index is 11.6. The summed E-state index contributed by atoms with van der Waals surface area (Å²) < 4.78 is 10.4. The summed E-state index contributed by atoms with van der Waals surface area (Å²) in [7, 11) is 3.12. The van der Waals surface area contributed by atoms with Crippen LogP contribution in [0.1, 0.15) is 25.3 Å². The van der Waals surface area contributed by atoms with E-state index in [0.29, 0.717) is 24.3 Å². The Balaban J connectivity index is 3.08. The summed E-state index contributed by atoms with van der Waals surface area (Å²) in [6, 6.07) is 5.44. The van der Waals surface area contributed by atoms with Crippen molar-refractivity contribution in [2.45, 2.75) is 26.2 Å². The van der Waals surface area contributed by atoms with Gasteiger partial charge in [-0.2, -0.15) is 0 Å². The highest BCUT2D eigenvalue weighted by atomic mass is 16.5. The monoisotopic (exact) mass is 281 g/mol. The van der Waals surface area contributed by atoms with Crippen molar-refractivity contribution in [2.75, 3.05) is 20.8 Å². The quantitative estimate of drug-likeness (QED) is 0.762. The lowest BCUT2D eigenvalue weighted by molar-refractivity contribution is -0.148. The summed E-state index contributed by atoms with van der Waals surface area (Å²) >= 11 is 0. The number of benzene rings is 1. The molecule has 0 saturated carbocycles. The first-order chi connectivity index (χ1) is 9.52. The molecule has 0 spiro atoms. The maximum atomic E-state index is 11.6. The van der Waals surface area contributed by atoms with Gasteiger partial charge in [0, 0.05) is 6.54 Å². The number of aliphatic carboxylic acids is 1. The van der Waals surface area contributed by atoms with Gasteiger partial charge in [-0.15, -0.1) is 0 Å². The Morgan fingerprint density at radius 2 is 1.95 bits per heavy atom. The number of nitrogens with two attached hydrogens (primary N) is 1. The standard InChI is InChI=1S/C15H23NO4/c1-4-7-15(10-16,14(17)18)9-11-5-6-12(19-2)13(8-11)20-3/h5-6,8H,4,7,9-10,16H2,1-3H3,(H,17,18). The minimum atomic E-state index is -0.922. The smallest absolute Gasteiger partial charge is 0.311 e. The zero-order valence-corrected chi connectivity index (χ0v) is 12.3. The second-order valence-electron chi connectivity index (χ2n) is 4.91. The minimum absolute atomic E-state index is 0.116. The molecule has 0 saturated heterocycles. The fourth-order valence-corrected chi connectivity index (χ4v) is 2.39. The summed E-state index contributed by atoms with van der Waals surface area (Å²) in [5.41, 5.74) is 5.69. The highest BCUT2D eigenvalue weighted by Gasteiger charge is 2.36. The second kappa shape index (κ2) is 7.14. The van der Waals surface area contributed by atoms with Crippen LogP contribution in [0, 0.1) is 5.41 Å². The fourth-order valence-electron chi connectivity index (χ4n) is 2.39. The number of carboxylic acids is 1. The van der Waals surface area contributed by atoms with Crippen LogP contribution in [0.4, 0.5) is 0 Å². The molecule has 1 atom stereocenters. The summed E-state index contributed by atoms with van der Waals surface area (Å²) in [5, 5.41) is 9.51. The third-order valence-corrected chi connectivity index (χ3v) is 3.56. The van der Waals surface area contributed by atoms with Gasteiger partial charge < -0.3 is 20.3 Å². The molecule has 1 aromatic rings. The number of methoxy groups -OCH3 is 2. The number of carboxylic acid groups (broad SMARTS) is 1. The van der Waals surface area contributed by atoms with Crippen LogP contribution in [0.5, 0.6) is 11.5 Å². The average molecular weight is 281 g/mol. The average Bonchev–Trinajstić information content (AvgIpc) is 2.46. The summed E-state index contributed by atoms with van der Waals surface area (Å²) in [5.74, 6) is 0.370. The molecule has 3 N–H and O–H groups in total. The van der Waals surface area contributed by atoms with Crippen LogP contribution in [-0.4, -0.2) is 31.8 Å². The number of carbonyl (C=O) groups is 1. The van der Waals surface area contributed by atoms with Crippen molar-refractivity contribution in [1.29, 1.82) is 0 Å². The zero-order chi connectivity index (χ0) is 15.2. The van der Waals surface area contributed by atoms with Crippen molar-refractivity contribution in [3.05, 3.63) is 23.8 Å². The Morgan fingerprint density at radius 1 is 1.30 bits per heavy atom. The highest BCUT2D eigenvalue weighted by Crippen LogP contribution is 2.33. The molecule has 1 aromatic carbocycles. The van der Waals surface area contributed by atoms with E-state index in [9.17, 15) is 9.90 Å². The van der Waals surface area contributed by atoms with E-state index in [-0.39, 0.29) is 6.54 Å². The maximum Gasteiger partial charge on any atom is 0.311 e. The Morgan fingerprint density at radius 3 is 2.40 bits per heavy atom. The van der Waals surface area contributed by atoms with Crippen molar-refractivity contribution in [3.63, 3.8) is 0 Å². The van der Waals surface area contributed by atoms with Crippen molar-refractivity contribution in [1.82, 2.24) is 0 Å². The Hall–Kier alpha value is -1.75. The summed E-state index contributed by atoms with van der Waals surface area (Å²) in [6.45, 7) is 2.08. The number of ether oxygens (including phenoxy) is 2. The van der Waals surface area contributed by atoms with Crippen molar-refractivity contribution in [3.8, 4) is 11.5 Å². The molecule has 112 valence electrons. The first-order valence-electron chi connectivity index (χ1n) is 6.67. The molecule has 0 bridgehead atoms. The van der Waals surface area contributed by atoms with Crippen LogP contribution in [-0.2, 0) is 11.2 Å². The van der Waals surface area contributed by atoms with Crippen molar-refractivity contribution < 1.29 is 19.4 Å². The molecule has 0 radical (unpaired) electrons. The third kappa shape index (κ3) is 3.42. The number of hydrogen-bond donors (Lipinski definition) is 2. The third-order valence-electron chi connectivity index (χ3n) is 3.56. The molecule has 20 heavy (non-hydrogen) atoms. The molecule has 0 amide bonds. The van der Waals surface area contributed by atoms with E-state index in [0.717, 1.165) is 12.0 Å². The van der Waals surface area contributed by atoms with E-state index >= 15 is 0 Å². The van der Waals surface area contributed by atoms with E-state index in [1.807, 2.05) is 19.1 Å². The fraction of sp³-hybridized carbons (Fsp3) is 0.533. The van der Waals surface area contributed by atoms with Crippen molar-refractivity contribution >= 4 is 5.97 Å². The molecular weight excluding hydrogens is 258 g/mol. The summed E-state index contributed by atoms with van der Waals surface area (Å²) in [4.78, 5) is 11.6.